The summed E-state index contributed by atoms with van der Waals surface area (Å²) in [4.78, 5) is 0. The van der Waals surface area contributed by atoms with Crippen LogP contribution in [0.5, 0.6) is 0 Å². The van der Waals surface area contributed by atoms with Crippen molar-refractivity contribution in [1.29, 1.82) is 0 Å². The maximum Gasteiger partial charge on any atom is 0.144 e. The molecule has 0 spiro atoms. The van der Waals surface area contributed by atoms with Crippen LogP contribution in [0.4, 0.5) is 0 Å². The molecule has 0 amide bonds. The fourth-order valence-electron chi connectivity index (χ4n) is 0.254. The van der Waals surface area contributed by atoms with E-state index in [2.05, 4.69) is 4.40 Å². The zero-order chi connectivity index (χ0) is 7.49. The van der Waals surface area contributed by atoms with Crippen molar-refractivity contribution in [1.82, 2.24) is 0 Å². The quantitative estimate of drug-likeness (QED) is 0.517. The van der Waals surface area contributed by atoms with Gasteiger partial charge in [-0.25, -0.2) is 4.21 Å². The molecular weight excluding hydrogens is 134 g/mol. The molecule has 1 unspecified atom stereocenters. The molecule has 54 valence electrons. The fraction of sp³-hybridized carbons (Fsp3) is 0.833. The van der Waals surface area contributed by atoms with E-state index in [1.54, 1.807) is 13.1 Å². The van der Waals surface area contributed by atoms with Crippen molar-refractivity contribution >= 4 is 17.2 Å². The molecule has 1 atom stereocenters. The molecule has 0 N–H and O–H groups in total. The van der Waals surface area contributed by atoms with Crippen LogP contribution < -0.4 is 0 Å². The predicted molar refractivity (Wildman–Crippen MR) is 42.1 cm³/mol. The molecule has 0 bridgehead atoms. The highest BCUT2D eigenvalue weighted by Gasteiger charge is 2.17. The minimum atomic E-state index is -1.07. The van der Waals surface area contributed by atoms with Crippen molar-refractivity contribution in [3.63, 3.8) is 0 Å². The van der Waals surface area contributed by atoms with Gasteiger partial charge in [-0.05, 0) is 27.7 Å². The number of nitrogens with zero attached hydrogens (tertiary/aromatic N) is 1. The molecule has 2 nitrogen and oxygen atoms in total. The number of hydrogen-bond acceptors (Lipinski definition) is 1. The minimum absolute atomic E-state index is 0.216. The van der Waals surface area contributed by atoms with Gasteiger partial charge in [-0.1, -0.05) is 0 Å². The molecule has 0 saturated heterocycles. The van der Waals surface area contributed by atoms with Crippen LogP contribution in [0.3, 0.4) is 0 Å². The van der Waals surface area contributed by atoms with Crippen molar-refractivity contribution in [2.75, 3.05) is 0 Å². The van der Waals surface area contributed by atoms with E-state index < -0.39 is 11.0 Å². The predicted octanol–water partition coefficient (Wildman–Crippen LogP) is 1.54. The lowest BCUT2D eigenvalue weighted by atomic mass is 10.3. The van der Waals surface area contributed by atoms with E-state index in [1.165, 1.54) is 0 Å². The summed E-state index contributed by atoms with van der Waals surface area (Å²) in [5.74, 6) is 0. The zero-order valence-electron chi connectivity index (χ0n) is 6.34. The Morgan fingerprint density at radius 2 is 1.89 bits per heavy atom. The van der Waals surface area contributed by atoms with Crippen molar-refractivity contribution in [3.05, 3.63) is 0 Å². The topological polar surface area (TPSA) is 29.4 Å². The average molecular weight is 147 g/mol. The highest BCUT2D eigenvalue weighted by Crippen LogP contribution is 2.10. The summed E-state index contributed by atoms with van der Waals surface area (Å²) in [6.45, 7) is 7.46. The van der Waals surface area contributed by atoms with E-state index in [9.17, 15) is 4.21 Å². The molecule has 9 heavy (non-hydrogen) atoms. The highest BCUT2D eigenvalue weighted by atomic mass is 32.2. The molecule has 0 aromatic heterocycles. The molecule has 0 aliphatic carbocycles. The Labute approximate surface area is 59.0 Å². The van der Waals surface area contributed by atoms with Gasteiger partial charge in [0, 0.05) is 6.21 Å². The lowest BCUT2D eigenvalue weighted by molar-refractivity contribution is 0.651. The van der Waals surface area contributed by atoms with Crippen LogP contribution in [0.25, 0.3) is 0 Å². The van der Waals surface area contributed by atoms with Gasteiger partial charge >= 0.3 is 0 Å². The van der Waals surface area contributed by atoms with Gasteiger partial charge < -0.3 is 0 Å². The largest absolute Gasteiger partial charge is 0.234 e. The van der Waals surface area contributed by atoms with Crippen molar-refractivity contribution in [3.8, 4) is 0 Å². The van der Waals surface area contributed by atoms with Crippen LogP contribution >= 0.6 is 0 Å². The first kappa shape index (κ1) is 8.82. The molecule has 0 rings (SSSR count). The van der Waals surface area contributed by atoms with Gasteiger partial charge in [0.25, 0.3) is 0 Å². The summed E-state index contributed by atoms with van der Waals surface area (Å²) in [7, 11) is -1.07. The zero-order valence-corrected chi connectivity index (χ0v) is 7.16. The third kappa shape index (κ3) is 3.40. The molecule has 0 fully saturated rings. The number of rotatable bonds is 1. The molecule has 0 aromatic rings. The van der Waals surface area contributed by atoms with E-state index in [4.69, 9.17) is 0 Å². The van der Waals surface area contributed by atoms with E-state index >= 15 is 0 Å². The van der Waals surface area contributed by atoms with Crippen LogP contribution in [-0.2, 0) is 11.0 Å². The average Bonchev–Trinajstić information content (AvgIpc) is 1.64. The third-order valence-electron chi connectivity index (χ3n) is 0.725. The first-order valence-corrected chi connectivity index (χ1v) is 4.00. The first-order chi connectivity index (χ1) is 3.98. The van der Waals surface area contributed by atoms with Crippen LogP contribution in [0.1, 0.15) is 27.7 Å². The summed E-state index contributed by atoms with van der Waals surface area (Å²) >= 11 is 0. The van der Waals surface area contributed by atoms with Gasteiger partial charge in [0.2, 0.25) is 0 Å². The van der Waals surface area contributed by atoms with E-state index in [1.807, 2.05) is 20.8 Å². The van der Waals surface area contributed by atoms with E-state index in [0.717, 1.165) is 0 Å². The van der Waals surface area contributed by atoms with Gasteiger partial charge in [0.15, 0.2) is 0 Å². The lowest BCUT2D eigenvalue weighted by Gasteiger charge is -2.12. The summed E-state index contributed by atoms with van der Waals surface area (Å²) in [6, 6.07) is 0. The Morgan fingerprint density at radius 3 is 2.00 bits per heavy atom. The maximum atomic E-state index is 11.0. The van der Waals surface area contributed by atoms with Gasteiger partial charge in [0.1, 0.15) is 11.0 Å². The first-order valence-electron chi connectivity index (χ1n) is 2.89. The minimum Gasteiger partial charge on any atom is -0.234 e. The molecular formula is C6H13NOS. The molecule has 0 saturated carbocycles. The highest BCUT2D eigenvalue weighted by molar-refractivity contribution is 7.85. The van der Waals surface area contributed by atoms with E-state index in [-0.39, 0.29) is 4.75 Å². The van der Waals surface area contributed by atoms with Crippen molar-refractivity contribution in [2.45, 2.75) is 32.4 Å². The van der Waals surface area contributed by atoms with Crippen LogP contribution in [0.2, 0.25) is 0 Å². The Kier molecular flexibility index (Phi) is 3.04. The van der Waals surface area contributed by atoms with Gasteiger partial charge in [-0.2, -0.15) is 4.40 Å². The standard InChI is InChI=1S/C6H13NOS/c1-5-7-9(8)6(2,3)4/h5H,1-4H3/b7-5-. The second kappa shape index (κ2) is 3.11. The second-order valence-corrected chi connectivity index (χ2v) is 4.66. The lowest BCUT2D eigenvalue weighted by Crippen LogP contribution is -2.19. The fourth-order valence-corrected chi connectivity index (χ4v) is 0.762. The van der Waals surface area contributed by atoms with Crippen molar-refractivity contribution in [2.24, 2.45) is 4.40 Å². The van der Waals surface area contributed by atoms with Gasteiger partial charge in [-0.15, -0.1) is 0 Å². The van der Waals surface area contributed by atoms with Crippen LogP contribution in [0.15, 0.2) is 4.40 Å². The molecule has 0 aliphatic rings. The number of hydrogen-bond donors (Lipinski definition) is 0. The normalized spacial score (nSPS) is 16.4. The Morgan fingerprint density at radius 1 is 1.44 bits per heavy atom. The smallest absolute Gasteiger partial charge is 0.144 e. The SMILES string of the molecule is C/C=N\S(=O)C(C)(C)C. The monoisotopic (exact) mass is 147 g/mol. The van der Waals surface area contributed by atoms with E-state index in [0.29, 0.717) is 0 Å². The molecule has 0 aliphatic heterocycles. The molecule has 0 radical (unpaired) electrons. The Bertz CT molecular complexity index is 134. The van der Waals surface area contributed by atoms with Crippen molar-refractivity contribution < 1.29 is 4.21 Å². The third-order valence-corrected chi connectivity index (χ3v) is 2.18. The van der Waals surface area contributed by atoms with Crippen LogP contribution in [0, 0.1) is 0 Å². The van der Waals surface area contributed by atoms with Gasteiger partial charge in [-0.3, -0.25) is 0 Å². The van der Waals surface area contributed by atoms with Crippen LogP contribution in [-0.4, -0.2) is 15.2 Å². The summed E-state index contributed by atoms with van der Waals surface area (Å²) in [5, 5.41) is 0. The molecule has 0 aromatic carbocycles. The Balaban J connectivity index is 4.06. The maximum absolute atomic E-state index is 11.0. The van der Waals surface area contributed by atoms with Gasteiger partial charge in [0.05, 0.1) is 4.75 Å². The molecule has 3 heteroatoms. The summed E-state index contributed by atoms with van der Waals surface area (Å²) in [5.41, 5.74) is 0. The summed E-state index contributed by atoms with van der Waals surface area (Å²) in [6.07, 6.45) is 1.57. The Hall–Kier alpha value is -0.180. The molecule has 0 heterocycles. The summed E-state index contributed by atoms with van der Waals surface area (Å²) < 4.78 is 14.5. The second-order valence-electron chi connectivity index (χ2n) is 2.73.